The van der Waals surface area contributed by atoms with Gasteiger partial charge in [0.1, 0.15) is 4.90 Å². The SMILES string of the molecule is CSc1ccc(CC(=O)NN=Cc2ccccc2OS(=O)(=O)c2ccc(C(F)(F)F)cc2)cc1. The van der Waals surface area contributed by atoms with E-state index >= 15 is 0 Å². The molecule has 1 N–H and O–H groups in total. The third-order valence-electron chi connectivity index (χ3n) is 4.51. The van der Waals surface area contributed by atoms with E-state index in [4.69, 9.17) is 4.18 Å². The Morgan fingerprint density at radius 2 is 1.68 bits per heavy atom. The summed E-state index contributed by atoms with van der Waals surface area (Å²) in [6.07, 6.45) is -1.32. The molecule has 11 heteroatoms. The summed E-state index contributed by atoms with van der Waals surface area (Å²) in [5, 5.41) is 3.84. The van der Waals surface area contributed by atoms with Crippen LogP contribution in [-0.4, -0.2) is 26.8 Å². The number of amides is 1. The summed E-state index contributed by atoms with van der Waals surface area (Å²) in [4.78, 5) is 12.8. The second-order valence-corrected chi connectivity index (χ2v) is 9.34. The van der Waals surface area contributed by atoms with Gasteiger partial charge in [0.2, 0.25) is 5.91 Å². The maximum Gasteiger partial charge on any atom is 0.416 e. The molecule has 0 saturated heterocycles. The molecule has 3 aromatic rings. The van der Waals surface area contributed by atoms with Crippen molar-refractivity contribution in [3.63, 3.8) is 0 Å². The predicted molar refractivity (Wildman–Crippen MR) is 123 cm³/mol. The van der Waals surface area contributed by atoms with E-state index in [2.05, 4.69) is 10.5 Å². The van der Waals surface area contributed by atoms with Crippen molar-refractivity contribution in [3.8, 4) is 5.75 Å². The first-order valence-electron chi connectivity index (χ1n) is 9.74. The highest BCUT2D eigenvalue weighted by Crippen LogP contribution is 2.30. The molecule has 0 saturated carbocycles. The Kier molecular flexibility index (Phi) is 8.00. The Labute approximate surface area is 199 Å². The van der Waals surface area contributed by atoms with Crippen molar-refractivity contribution in [1.82, 2.24) is 5.43 Å². The molecule has 3 aromatic carbocycles. The van der Waals surface area contributed by atoms with Crippen LogP contribution in [0.25, 0.3) is 0 Å². The molecular weight excluding hydrogens is 489 g/mol. The van der Waals surface area contributed by atoms with Crippen LogP contribution in [0.2, 0.25) is 0 Å². The number of carbonyl (C=O) groups is 1. The van der Waals surface area contributed by atoms with Crippen LogP contribution in [-0.2, 0) is 27.5 Å². The zero-order valence-corrected chi connectivity index (χ0v) is 19.4. The Morgan fingerprint density at radius 3 is 2.29 bits per heavy atom. The molecule has 1 amide bonds. The lowest BCUT2D eigenvalue weighted by atomic mass is 10.1. The van der Waals surface area contributed by atoms with Gasteiger partial charge in [-0.15, -0.1) is 11.8 Å². The molecule has 34 heavy (non-hydrogen) atoms. The maximum absolute atomic E-state index is 12.7. The molecule has 178 valence electrons. The van der Waals surface area contributed by atoms with Crippen LogP contribution in [0.3, 0.4) is 0 Å². The summed E-state index contributed by atoms with van der Waals surface area (Å²) < 4.78 is 68.3. The minimum atomic E-state index is -4.59. The van der Waals surface area contributed by atoms with Crippen molar-refractivity contribution in [2.24, 2.45) is 5.10 Å². The van der Waals surface area contributed by atoms with Gasteiger partial charge in [0.05, 0.1) is 18.2 Å². The number of nitrogens with one attached hydrogen (secondary N) is 1. The highest BCUT2D eigenvalue weighted by atomic mass is 32.2. The standard InChI is InChI=1S/C23H19F3N2O4S2/c1-33-19-10-6-16(7-11-19)14-22(29)28-27-15-17-4-2-3-5-21(17)32-34(30,31)20-12-8-18(9-13-20)23(24,25)26/h2-13,15H,14H2,1H3,(H,28,29). The Balaban J connectivity index is 1.67. The van der Waals surface area contributed by atoms with E-state index in [1.807, 2.05) is 30.5 Å². The van der Waals surface area contributed by atoms with E-state index in [1.54, 1.807) is 17.8 Å². The fraction of sp³-hybridized carbons (Fsp3) is 0.130. The number of thioether (sulfide) groups is 1. The average Bonchev–Trinajstić information content (AvgIpc) is 2.80. The van der Waals surface area contributed by atoms with Crippen LogP contribution in [0.5, 0.6) is 5.75 Å². The number of alkyl halides is 3. The van der Waals surface area contributed by atoms with Crippen LogP contribution in [0.4, 0.5) is 13.2 Å². The molecule has 6 nitrogen and oxygen atoms in total. The van der Waals surface area contributed by atoms with Crippen molar-refractivity contribution in [3.05, 3.63) is 89.5 Å². The second-order valence-electron chi connectivity index (χ2n) is 6.92. The van der Waals surface area contributed by atoms with Crippen LogP contribution in [0.15, 0.2) is 87.7 Å². The Morgan fingerprint density at radius 1 is 1.03 bits per heavy atom. The van der Waals surface area contributed by atoms with Gasteiger partial charge in [-0.1, -0.05) is 24.3 Å². The minimum Gasteiger partial charge on any atom is -0.378 e. The first-order valence-corrected chi connectivity index (χ1v) is 12.4. The summed E-state index contributed by atoms with van der Waals surface area (Å²) in [7, 11) is -4.40. The number of benzene rings is 3. The maximum atomic E-state index is 12.7. The Bertz CT molecular complexity index is 1270. The topological polar surface area (TPSA) is 84.8 Å². The predicted octanol–water partition coefficient (Wildman–Crippen LogP) is 4.89. The largest absolute Gasteiger partial charge is 0.416 e. The number of carbonyl (C=O) groups excluding carboxylic acids is 1. The Hall–Kier alpha value is -3.31. The van der Waals surface area contributed by atoms with Crippen molar-refractivity contribution >= 4 is 34.0 Å². The molecule has 0 heterocycles. The second kappa shape index (κ2) is 10.7. The highest BCUT2D eigenvalue weighted by Gasteiger charge is 2.31. The normalized spacial score (nSPS) is 12.0. The molecule has 0 radical (unpaired) electrons. The summed E-state index contributed by atoms with van der Waals surface area (Å²) in [6.45, 7) is 0. The van der Waals surface area contributed by atoms with E-state index in [-0.39, 0.29) is 23.6 Å². The van der Waals surface area contributed by atoms with E-state index in [9.17, 15) is 26.4 Å². The van der Waals surface area contributed by atoms with Crippen molar-refractivity contribution in [1.29, 1.82) is 0 Å². The number of nitrogens with zero attached hydrogens (tertiary/aromatic N) is 1. The third kappa shape index (κ3) is 6.84. The van der Waals surface area contributed by atoms with Gasteiger partial charge in [-0.05, 0) is 60.4 Å². The molecule has 3 rings (SSSR count). The quantitative estimate of drug-likeness (QED) is 0.203. The first-order chi connectivity index (χ1) is 16.1. The zero-order chi connectivity index (χ0) is 24.8. The van der Waals surface area contributed by atoms with Crippen LogP contribution in [0.1, 0.15) is 16.7 Å². The van der Waals surface area contributed by atoms with E-state index < -0.39 is 26.8 Å². The van der Waals surface area contributed by atoms with Gasteiger partial charge >= 0.3 is 16.3 Å². The lowest BCUT2D eigenvalue weighted by Gasteiger charge is -2.11. The molecule has 0 aromatic heterocycles. The third-order valence-corrected chi connectivity index (χ3v) is 6.50. The van der Waals surface area contributed by atoms with E-state index in [0.717, 1.165) is 22.6 Å². The van der Waals surface area contributed by atoms with E-state index in [1.165, 1.54) is 24.4 Å². The van der Waals surface area contributed by atoms with Crippen LogP contribution < -0.4 is 9.61 Å². The lowest BCUT2D eigenvalue weighted by molar-refractivity contribution is -0.137. The smallest absolute Gasteiger partial charge is 0.378 e. The van der Waals surface area contributed by atoms with Gasteiger partial charge in [0.25, 0.3) is 0 Å². The van der Waals surface area contributed by atoms with E-state index in [0.29, 0.717) is 12.1 Å². The lowest BCUT2D eigenvalue weighted by Crippen LogP contribution is -2.19. The zero-order valence-electron chi connectivity index (χ0n) is 17.7. The summed E-state index contributed by atoms with van der Waals surface area (Å²) in [5.74, 6) is -0.475. The molecule has 0 atom stereocenters. The summed E-state index contributed by atoms with van der Waals surface area (Å²) in [6, 6.07) is 16.4. The number of para-hydroxylation sites is 1. The van der Waals surface area contributed by atoms with Gasteiger partial charge in [0.15, 0.2) is 5.75 Å². The molecule has 0 unspecified atom stereocenters. The number of hydrogen-bond acceptors (Lipinski definition) is 6. The monoisotopic (exact) mass is 508 g/mol. The highest BCUT2D eigenvalue weighted by molar-refractivity contribution is 7.98. The van der Waals surface area contributed by atoms with Gasteiger partial charge in [-0.25, -0.2) is 5.43 Å². The molecular formula is C23H19F3N2O4S2. The number of rotatable bonds is 8. The summed E-state index contributed by atoms with van der Waals surface area (Å²) >= 11 is 1.59. The molecule has 0 fully saturated rings. The van der Waals surface area contributed by atoms with Gasteiger partial charge < -0.3 is 4.18 Å². The molecule has 0 aliphatic carbocycles. The van der Waals surface area contributed by atoms with Gasteiger partial charge in [0, 0.05) is 10.5 Å². The molecule has 0 aliphatic rings. The summed E-state index contributed by atoms with van der Waals surface area (Å²) in [5.41, 5.74) is 2.43. The molecule has 0 spiro atoms. The molecule has 0 bridgehead atoms. The van der Waals surface area contributed by atoms with Gasteiger partial charge in [-0.3, -0.25) is 4.79 Å². The number of hydrazone groups is 1. The molecule has 0 aliphatic heterocycles. The fourth-order valence-corrected chi connectivity index (χ4v) is 4.14. The fourth-order valence-electron chi connectivity index (χ4n) is 2.78. The number of halogens is 3. The van der Waals surface area contributed by atoms with Crippen molar-refractivity contribution < 1.29 is 30.6 Å². The average molecular weight is 509 g/mol. The first kappa shape index (κ1) is 25.3. The van der Waals surface area contributed by atoms with Crippen molar-refractivity contribution in [2.45, 2.75) is 22.4 Å². The van der Waals surface area contributed by atoms with Gasteiger partial charge in [-0.2, -0.15) is 26.7 Å². The van der Waals surface area contributed by atoms with Crippen molar-refractivity contribution in [2.75, 3.05) is 6.26 Å². The van der Waals surface area contributed by atoms with Crippen LogP contribution in [0, 0.1) is 0 Å². The van der Waals surface area contributed by atoms with Crippen LogP contribution >= 0.6 is 11.8 Å². The number of hydrogen-bond donors (Lipinski definition) is 1. The minimum absolute atomic E-state index is 0.104.